The van der Waals surface area contributed by atoms with Crippen LogP contribution in [-0.2, 0) is 24.5 Å². The molecule has 0 saturated carbocycles. The number of para-hydroxylation sites is 2. The average molecular weight is 827 g/mol. The number of carbonyl (C=O) groups excluding carboxylic acids is 3. The molecule has 11 heteroatoms. The Morgan fingerprint density at radius 3 is 2.43 bits per heavy atom. The standard InChI is InChI=1S/C50H42N4O6S/c55-28-29-59-39-22-12-10-20-35(39)45-50(36-30-32(26-27-37(36)51-48(50)58)25-24-31-14-4-1-5-15-31)41(46(56)53-49-52-38-21-11-13-23-40(38)61-49)43-47(57)60-44(34-18-8-3-9-19-34)42(54(43)45)33-16-6-2-7-17-33/h2-3,6-14,16-23,26-27,30,41-45,55H,1,4-5,15,28-29H2,(H,51,58)(H,52,53,56). The number of rotatable bonds is 8. The van der Waals surface area contributed by atoms with Crippen molar-refractivity contribution in [1.29, 1.82) is 0 Å². The van der Waals surface area contributed by atoms with Crippen LogP contribution in [-0.4, -0.2) is 52.0 Å². The molecule has 2 fully saturated rings. The molecule has 3 aliphatic heterocycles. The fraction of sp³-hybridized carbons (Fsp3) is 0.240. The molecule has 0 radical (unpaired) electrons. The van der Waals surface area contributed by atoms with Crippen molar-refractivity contribution in [3.8, 4) is 17.6 Å². The van der Waals surface area contributed by atoms with Crippen molar-refractivity contribution in [2.45, 2.75) is 55.3 Å². The normalized spacial score (nSPS) is 24.2. The monoisotopic (exact) mass is 826 g/mol. The van der Waals surface area contributed by atoms with Gasteiger partial charge in [0.25, 0.3) is 0 Å². The van der Waals surface area contributed by atoms with E-state index in [1.807, 2.05) is 126 Å². The molecule has 6 aromatic rings. The first-order valence-electron chi connectivity index (χ1n) is 20.7. The molecule has 3 N–H and O–H groups in total. The lowest BCUT2D eigenvalue weighted by Gasteiger charge is -2.46. The predicted molar refractivity (Wildman–Crippen MR) is 234 cm³/mol. The van der Waals surface area contributed by atoms with Gasteiger partial charge in [-0.05, 0) is 84.3 Å². The molecule has 10 nitrogen and oxygen atoms in total. The van der Waals surface area contributed by atoms with Crippen molar-refractivity contribution < 1.29 is 29.0 Å². The van der Waals surface area contributed by atoms with Crippen LogP contribution in [0.1, 0.15) is 71.7 Å². The Hall–Kier alpha value is -6.58. The maximum absolute atomic E-state index is 15.6. The summed E-state index contributed by atoms with van der Waals surface area (Å²) < 4.78 is 13.7. The second kappa shape index (κ2) is 16.1. The van der Waals surface area contributed by atoms with Crippen LogP contribution in [0.5, 0.6) is 5.75 Å². The Kier molecular flexibility index (Phi) is 10.2. The van der Waals surface area contributed by atoms with Gasteiger partial charge in [0, 0.05) is 16.8 Å². The van der Waals surface area contributed by atoms with Gasteiger partial charge in [-0.1, -0.05) is 120 Å². The zero-order valence-corrected chi connectivity index (χ0v) is 33.9. The summed E-state index contributed by atoms with van der Waals surface area (Å²) in [6.45, 7) is -0.267. The van der Waals surface area contributed by atoms with Gasteiger partial charge in [0.1, 0.15) is 29.9 Å². The largest absolute Gasteiger partial charge is 0.491 e. The van der Waals surface area contributed by atoms with Crippen LogP contribution in [0.4, 0.5) is 10.8 Å². The average Bonchev–Trinajstić information content (AvgIpc) is 3.95. The molecule has 10 rings (SSSR count). The molecule has 1 spiro atoms. The summed E-state index contributed by atoms with van der Waals surface area (Å²) in [5.41, 5.74) is 3.93. The van der Waals surface area contributed by atoms with Gasteiger partial charge in [-0.25, -0.2) is 4.98 Å². The summed E-state index contributed by atoms with van der Waals surface area (Å²) in [5.74, 6) is 4.17. The minimum atomic E-state index is -1.75. The number of morpholine rings is 1. The number of ether oxygens (including phenoxy) is 2. The minimum absolute atomic E-state index is 0.0170. The van der Waals surface area contributed by atoms with E-state index in [1.165, 1.54) is 11.3 Å². The Balaban J connectivity index is 1.25. The second-order valence-electron chi connectivity index (χ2n) is 15.8. The smallest absolute Gasteiger partial charge is 0.324 e. The lowest BCUT2D eigenvalue weighted by molar-refractivity contribution is -0.177. The Morgan fingerprint density at radius 1 is 0.902 bits per heavy atom. The highest BCUT2D eigenvalue weighted by molar-refractivity contribution is 7.22. The number of hydrogen-bond donors (Lipinski definition) is 3. The number of aliphatic hydroxyl groups excluding tert-OH is 1. The van der Waals surface area contributed by atoms with Crippen LogP contribution in [0.15, 0.2) is 139 Å². The van der Waals surface area contributed by atoms with E-state index in [0.717, 1.165) is 47.1 Å². The third kappa shape index (κ3) is 6.68. The highest BCUT2D eigenvalue weighted by Gasteiger charge is 2.74. The van der Waals surface area contributed by atoms with E-state index >= 15 is 14.4 Å². The van der Waals surface area contributed by atoms with Gasteiger partial charge in [-0.3, -0.25) is 19.3 Å². The number of nitrogens with zero attached hydrogens (tertiary/aromatic N) is 2. The topological polar surface area (TPSA) is 130 Å². The van der Waals surface area contributed by atoms with Gasteiger partial charge >= 0.3 is 5.97 Å². The summed E-state index contributed by atoms with van der Waals surface area (Å²) in [5, 5.41) is 16.6. The molecule has 2 saturated heterocycles. The highest BCUT2D eigenvalue weighted by atomic mass is 32.1. The van der Waals surface area contributed by atoms with Crippen molar-refractivity contribution in [3.05, 3.63) is 167 Å². The van der Waals surface area contributed by atoms with Gasteiger partial charge in [0.05, 0.1) is 34.8 Å². The lowest BCUT2D eigenvalue weighted by atomic mass is 9.65. The fourth-order valence-corrected chi connectivity index (χ4v) is 10.7. The number of hydrogen-bond acceptors (Lipinski definition) is 9. The van der Waals surface area contributed by atoms with Gasteiger partial charge in [0.15, 0.2) is 5.13 Å². The molecular formula is C50H42N4O6S. The Bertz CT molecular complexity index is 2730. The summed E-state index contributed by atoms with van der Waals surface area (Å²) >= 11 is 1.32. The number of thiazole rings is 1. The van der Waals surface area contributed by atoms with E-state index in [9.17, 15) is 5.11 Å². The minimum Gasteiger partial charge on any atom is -0.491 e. The van der Waals surface area contributed by atoms with Crippen LogP contribution in [0.25, 0.3) is 10.2 Å². The van der Waals surface area contributed by atoms with E-state index in [0.29, 0.717) is 38.8 Å². The summed E-state index contributed by atoms with van der Waals surface area (Å²) in [7, 11) is 0. The number of allylic oxidation sites excluding steroid dienone is 2. The molecule has 61 heavy (non-hydrogen) atoms. The molecule has 4 heterocycles. The van der Waals surface area contributed by atoms with Crippen LogP contribution >= 0.6 is 11.3 Å². The molecule has 5 aromatic carbocycles. The summed E-state index contributed by atoms with van der Waals surface area (Å²) in [4.78, 5) is 53.2. The van der Waals surface area contributed by atoms with Crippen molar-refractivity contribution in [3.63, 3.8) is 0 Å². The second-order valence-corrected chi connectivity index (χ2v) is 16.8. The van der Waals surface area contributed by atoms with Crippen LogP contribution in [0.2, 0.25) is 0 Å². The Labute approximate surface area is 357 Å². The van der Waals surface area contributed by atoms with Crippen LogP contribution < -0.4 is 15.4 Å². The lowest BCUT2D eigenvalue weighted by Crippen LogP contribution is -2.53. The van der Waals surface area contributed by atoms with Gasteiger partial charge < -0.3 is 25.2 Å². The quantitative estimate of drug-likeness (QED) is 0.103. The number of carbonyl (C=O) groups is 3. The first-order chi connectivity index (χ1) is 29.9. The number of cyclic esters (lactones) is 1. The maximum atomic E-state index is 15.6. The number of amides is 2. The molecule has 4 aliphatic rings. The first-order valence-corrected chi connectivity index (χ1v) is 21.5. The van der Waals surface area contributed by atoms with E-state index in [-0.39, 0.29) is 13.2 Å². The zero-order chi connectivity index (χ0) is 41.5. The molecule has 0 bridgehead atoms. The SMILES string of the molecule is O=C1OC(c2ccccc2)C(c2ccccc2)N2C1C(C(=O)Nc1nc3ccccc3s1)C1(C(=O)Nc3ccc(C#CC4=CCCCC4)cc31)C2c1ccccc1OCCO. The first kappa shape index (κ1) is 38.6. The summed E-state index contributed by atoms with van der Waals surface area (Å²) in [6.07, 6.45) is 5.47. The zero-order valence-electron chi connectivity index (χ0n) is 33.1. The Morgan fingerprint density at radius 2 is 1.66 bits per heavy atom. The molecule has 2 amide bonds. The maximum Gasteiger partial charge on any atom is 0.324 e. The number of benzene rings is 5. The molecule has 304 valence electrons. The van der Waals surface area contributed by atoms with Crippen LogP contribution in [0, 0.1) is 17.8 Å². The number of fused-ring (bicyclic) bond motifs is 4. The van der Waals surface area contributed by atoms with Crippen molar-refractivity contribution in [2.24, 2.45) is 5.92 Å². The van der Waals surface area contributed by atoms with E-state index in [4.69, 9.17) is 14.5 Å². The van der Waals surface area contributed by atoms with Crippen LogP contribution in [0.3, 0.4) is 0 Å². The highest BCUT2D eigenvalue weighted by Crippen LogP contribution is 2.65. The van der Waals surface area contributed by atoms with Gasteiger partial charge in [0.2, 0.25) is 11.8 Å². The third-order valence-electron chi connectivity index (χ3n) is 12.3. The van der Waals surface area contributed by atoms with Gasteiger partial charge in [-0.2, -0.15) is 0 Å². The molecular weight excluding hydrogens is 785 g/mol. The molecule has 1 aromatic heterocycles. The number of nitrogens with one attached hydrogen (secondary N) is 2. The number of aliphatic hydroxyl groups is 1. The molecule has 6 unspecified atom stereocenters. The molecule has 1 aliphatic carbocycles. The molecule has 6 atom stereocenters. The predicted octanol–water partition coefficient (Wildman–Crippen LogP) is 8.43. The fourth-order valence-electron chi connectivity index (χ4n) is 9.85. The number of esters is 1. The number of anilines is 2. The van der Waals surface area contributed by atoms with E-state index < -0.39 is 53.3 Å². The van der Waals surface area contributed by atoms with E-state index in [2.05, 4.69) is 28.6 Å². The number of aromatic nitrogens is 1. The van der Waals surface area contributed by atoms with Crippen molar-refractivity contribution in [1.82, 2.24) is 9.88 Å². The van der Waals surface area contributed by atoms with E-state index in [1.54, 1.807) is 6.07 Å². The van der Waals surface area contributed by atoms with Gasteiger partial charge in [-0.15, -0.1) is 0 Å². The third-order valence-corrected chi connectivity index (χ3v) is 13.3. The van der Waals surface area contributed by atoms with Crippen molar-refractivity contribution in [2.75, 3.05) is 23.8 Å². The summed E-state index contributed by atoms with van der Waals surface area (Å²) in [6, 6.07) is 37.0. The van der Waals surface area contributed by atoms with Crippen molar-refractivity contribution >= 4 is 50.2 Å².